The van der Waals surface area contributed by atoms with Crippen LogP contribution in [0.4, 0.5) is 0 Å². The van der Waals surface area contributed by atoms with E-state index in [4.69, 9.17) is 4.74 Å². The number of amides is 1. The van der Waals surface area contributed by atoms with Crippen LogP contribution in [0.1, 0.15) is 18.4 Å². The molecule has 2 atom stereocenters. The largest absolute Gasteiger partial charge is 0.480 e. The maximum atomic E-state index is 11.9. The van der Waals surface area contributed by atoms with Gasteiger partial charge in [-0.15, -0.1) is 0 Å². The summed E-state index contributed by atoms with van der Waals surface area (Å²) < 4.78 is 6.18. The van der Waals surface area contributed by atoms with E-state index in [1.807, 2.05) is 24.3 Å². The van der Waals surface area contributed by atoms with Gasteiger partial charge < -0.3 is 15.2 Å². The van der Waals surface area contributed by atoms with E-state index in [1.54, 1.807) is 0 Å². The summed E-state index contributed by atoms with van der Waals surface area (Å²) in [5, 5.41) is 11.8. The number of aliphatic carboxylic acids is 1. The summed E-state index contributed by atoms with van der Waals surface area (Å²) >= 11 is 3.32. The number of hydrogen-bond acceptors (Lipinski definition) is 3. The molecule has 0 aliphatic carbocycles. The maximum absolute atomic E-state index is 11.9. The van der Waals surface area contributed by atoms with E-state index >= 15 is 0 Å². The van der Waals surface area contributed by atoms with E-state index in [0.29, 0.717) is 13.0 Å². The molecular weight excluding hydrogens is 326 g/mol. The second kappa shape index (κ2) is 6.85. The lowest BCUT2D eigenvalue weighted by molar-refractivity contribution is -0.143. The van der Waals surface area contributed by atoms with Crippen molar-refractivity contribution in [1.82, 2.24) is 5.32 Å². The normalized spacial score (nSPS) is 19.6. The van der Waals surface area contributed by atoms with Gasteiger partial charge in [0.05, 0.1) is 0 Å². The molecule has 0 bridgehead atoms. The third-order valence-corrected chi connectivity index (χ3v) is 3.72. The molecule has 1 aromatic rings. The van der Waals surface area contributed by atoms with Gasteiger partial charge in [0.25, 0.3) is 0 Å². The minimum atomic E-state index is -1.04. The van der Waals surface area contributed by atoms with Crippen molar-refractivity contribution in [2.24, 2.45) is 0 Å². The van der Waals surface area contributed by atoms with E-state index in [2.05, 4.69) is 21.2 Å². The van der Waals surface area contributed by atoms with Gasteiger partial charge in [-0.1, -0.05) is 28.1 Å². The summed E-state index contributed by atoms with van der Waals surface area (Å²) in [5.74, 6) is -1.38. The molecule has 2 N–H and O–H groups in total. The number of nitrogens with one attached hydrogen (secondary N) is 1. The van der Waals surface area contributed by atoms with Crippen molar-refractivity contribution in [3.8, 4) is 0 Å². The summed E-state index contributed by atoms with van der Waals surface area (Å²) in [5.41, 5.74) is 0.855. The lowest BCUT2D eigenvalue weighted by atomic mass is 10.1. The smallest absolute Gasteiger partial charge is 0.326 e. The Balaban J connectivity index is 1.98. The van der Waals surface area contributed by atoms with Crippen LogP contribution in [0, 0.1) is 0 Å². The van der Waals surface area contributed by atoms with E-state index in [1.165, 1.54) is 0 Å². The Labute approximate surface area is 125 Å². The SMILES string of the molecule is O=C(O)[C@@H](Cc1ccc(Br)cc1)NC(=O)[C@H]1CCCO1. The second-order valence-corrected chi connectivity index (χ2v) is 5.65. The average molecular weight is 342 g/mol. The van der Waals surface area contributed by atoms with Crippen LogP contribution in [-0.4, -0.2) is 35.7 Å². The number of carbonyl (C=O) groups is 2. The summed E-state index contributed by atoms with van der Waals surface area (Å²) in [4.78, 5) is 23.2. The van der Waals surface area contributed by atoms with Gasteiger partial charge in [0.15, 0.2) is 0 Å². The number of ether oxygens (including phenoxy) is 1. The number of benzene rings is 1. The zero-order valence-corrected chi connectivity index (χ0v) is 12.4. The first-order chi connectivity index (χ1) is 9.56. The molecule has 0 aromatic heterocycles. The molecule has 0 unspecified atom stereocenters. The molecule has 1 aliphatic rings. The Morgan fingerprint density at radius 2 is 2.10 bits per heavy atom. The topological polar surface area (TPSA) is 75.6 Å². The zero-order valence-electron chi connectivity index (χ0n) is 10.8. The van der Waals surface area contributed by atoms with Gasteiger partial charge in [-0.05, 0) is 30.5 Å². The molecule has 2 rings (SSSR count). The van der Waals surface area contributed by atoms with E-state index in [-0.39, 0.29) is 12.3 Å². The number of hydrogen-bond donors (Lipinski definition) is 2. The van der Waals surface area contributed by atoms with Crippen molar-refractivity contribution >= 4 is 27.8 Å². The van der Waals surface area contributed by atoms with Crippen LogP contribution in [-0.2, 0) is 20.7 Å². The van der Waals surface area contributed by atoms with Gasteiger partial charge in [-0.25, -0.2) is 4.79 Å². The molecule has 1 fully saturated rings. The van der Waals surface area contributed by atoms with Crippen LogP contribution in [0.3, 0.4) is 0 Å². The lowest BCUT2D eigenvalue weighted by Gasteiger charge is -2.17. The van der Waals surface area contributed by atoms with Crippen molar-refractivity contribution < 1.29 is 19.4 Å². The molecule has 0 radical (unpaired) electrons. The van der Waals surface area contributed by atoms with Gasteiger partial charge in [0, 0.05) is 17.5 Å². The fraction of sp³-hybridized carbons (Fsp3) is 0.429. The zero-order chi connectivity index (χ0) is 14.5. The van der Waals surface area contributed by atoms with Crippen LogP contribution in [0.5, 0.6) is 0 Å². The van der Waals surface area contributed by atoms with Crippen molar-refractivity contribution in [1.29, 1.82) is 0 Å². The van der Waals surface area contributed by atoms with Gasteiger partial charge in [-0.3, -0.25) is 4.79 Å². The van der Waals surface area contributed by atoms with Crippen molar-refractivity contribution in [3.05, 3.63) is 34.3 Å². The monoisotopic (exact) mass is 341 g/mol. The van der Waals surface area contributed by atoms with Gasteiger partial charge in [-0.2, -0.15) is 0 Å². The first-order valence-electron chi connectivity index (χ1n) is 6.45. The Kier molecular flexibility index (Phi) is 5.14. The third kappa shape index (κ3) is 4.05. The van der Waals surface area contributed by atoms with Crippen molar-refractivity contribution in [3.63, 3.8) is 0 Å². The minimum Gasteiger partial charge on any atom is -0.480 e. The summed E-state index contributed by atoms with van der Waals surface area (Å²) in [7, 11) is 0. The van der Waals surface area contributed by atoms with Crippen LogP contribution < -0.4 is 5.32 Å². The van der Waals surface area contributed by atoms with Crippen molar-refractivity contribution in [2.75, 3.05) is 6.61 Å². The fourth-order valence-electron chi connectivity index (χ4n) is 2.11. The molecule has 0 saturated carbocycles. The molecule has 1 heterocycles. The van der Waals surface area contributed by atoms with E-state index in [9.17, 15) is 14.7 Å². The lowest BCUT2D eigenvalue weighted by Crippen LogP contribution is -2.46. The quantitative estimate of drug-likeness (QED) is 0.855. The van der Waals surface area contributed by atoms with Crippen molar-refractivity contribution in [2.45, 2.75) is 31.4 Å². The highest BCUT2D eigenvalue weighted by molar-refractivity contribution is 9.10. The van der Waals surface area contributed by atoms with Crippen LogP contribution in [0.25, 0.3) is 0 Å². The molecule has 0 spiro atoms. The highest BCUT2D eigenvalue weighted by Crippen LogP contribution is 2.14. The molecule has 1 aliphatic heterocycles. The molecule has 108 valence electrons. The predicted molar refractivity (Wildman–Crippen MR) is 76.4 cm³/mol. The van der Waals surface area contributed by atoms with E-state index < -0.39 is 18.1 Å². The highest BCUT2D eigenvalue weighted by Gasteiger charge is 2.28. The molecule has 20 heavy (non-hydrogen) atoms. The summed E-state index contributed by atoms with van der Waals surface area (Å²) in [6, 6.07) is 6.41. The number of carbonyl (C=O) groups excluding carboxylic acids is 1. The third-order valence-electron chi connectivity index (χ3n) is 3.19. The number of carboxylic acid groups (broad SMARTS) is 1. The summed E-state index contributed by atoms with van der Waals surface area (Å²) in [6.07, 6.45) is 1.22. The molecule has 1 saturated heterocycles. The summed E-state index contributed by atoms with van der Waals surface area (Å²) in [6.45, 7) is 0.558. The maximum Gasteiger partial charge on any atom is 0.326 e. The Morgan fingerprint density at radius 1 is 1.40 bits per heavy atom. The Hall–Kier alpha value is -1.40. The van der Waals surface area contributed by atoms with Crippen LogP contribution >= 0.6 is 15.9 Å². The Bertz CT molecular complexity index is 482. The molecule has 5 nitrogen and oxygen atoms in total. The highest BCUT2D eigenvalue weighted by atomic mass is 79.9. The second-order valence-electron chi connectivity index (χ2n) is 4.73. The molecule has 1 aromatic carbocycles. The fourth-order valence-corrected chi connectivity index (χ4v) is 2.37. The number of halogens is 1. The first kappa shape index (κ1) is 15.0. The van der Waals surface area contributed by atoms with E-state index in [0.717, 1.165) is 16.5 Å². The number of carboxylic acids is 1. The van der Waals surface area contributed by atoms with Crippen LogP contribution in [0.2, 0.25) is 0 Å². The minimum absolute atomic E-state index is 0.251. The van der Waals surface area contributed by atoms with Gasteiger partial charge in [0.1, 0.15) is 12.1 Å². The Morgan fingerprint density at radius 3 is 2.65 bits per heavy atom. The molecule has 6 heteroatoms. The predicted octanol–water partition coefficient (Wildman–Crippen LogP) is 1.74. The first-order valence-corrected chi connectivity index (χ1v) is 7.25. The van der Waals surface area contributed by atoms with Gasteiger partial charge >= 0.3 is 5.97 Å². The average Bonchev–Trinajstić information content (AvgIpc) is 2.94. The van der Waals surface area contributed by atoms with Gasteiger partial charge in [0.2, 0.25) is 5.91 Å². The number of rotatable bonds is 5. The molecule has 1 amide bonds. The molecular formula is C14H16BrNO4. The standard InChI is InChI=1S/C14H16BrNO4/c15-10-5-3-9(4-6-10)8-11(14(18)19)16-13(17)12-2-1-7-20-12/h3-6,11-12H,1-2,7-8H2,(H,16,17)(H,18,19)/t11-,12-/m1/s1. The van der Waals surface area contributed by atoms with Crippen LogP contribution in [0.15, 0.2) is 28.7 Å².